The molecule has 0 radical (unpaired) electrons. The van der Waals surface area contributed by atoms with Gasteiger partial charge < -0.3 is 20.3 Å². The number of anilines is 1. The van der Waals surface area contributed by atoms with E-state index >= 15 is 0 Å². The first-order chi connectivity index (χ1) is 16.5. The van der Waals surface area contributed by atoms with E-state index < -0.39 is 0 Å². The van der Waals surface area contributed by atoms with Crippen LogP contribution in [0.5, 0.6) is 0 Å². The molecule has 0 atom stereocenters. The van der Waals surface area contributed by atoms with E-state index in [1.165, 1.54) is 0 Å². The monoisotopic (exact) mass is 448 g/mol. The molecule has 0 unspecified atom stereocenters. The maximum Gasteiger partial charge on any atom is 0.0711 e. The summed E-state index contributed by atoms with van der Waals surface area (Å²) in [7, 11) is 0. The third kappa shape index (κ3) is 4.86. The first-order valence-electron chi connectivity index (χ1n) is 11.4. The molecule has 0 aliphatic heterocycles. The van der Waals surface area contributed by atoms with E-state index in [0.29, 0.717) is 0 Å². The van der Waals surface area contributed by atoms with Crippen LogP contribution in [0.25, 0.3) is 10.8 Å². The zero-order valence-electron chi connectivity index (χ0n) is 19.6. The number of H-pyrrole nitrogens is 3. The van der Waals surface area contributed by atoms with Crippen LogP contribution in [-0.2, 0) is 6.54 Å². The smallest absolute Gasteiger partial charge is 0.0711 e. The second-order valence-electron chi connectivity index (χ2n) is 8.59. The number of aliphatic imine (C=N–C) groups is 2. The lowest BCUT2D eigenvalue weighted by molar-refractivity contribution is 1.06. The molecule has 170 valence electrons. The molecule has 0 aliphatic rings. The molecule has 3 heterocycles. The van der Waals surface area contributed by atoms with Crippen molar-refractivity contribution >= 4 is 40.3 Å². The lowest BCUT2D eigenvalue weighted by atomic mass is 10.1. The van der Waals surface area contributed by atoms with Crippen molar-refractivity contribution in [1.29, 1.82) is 0 Å². The lowest BCUT2D eigenvalue weighted by Gasteiger charge is -2.12. The Hall–Kier alpha value is -4.32. The summed E-state index contributed by atoms with van der Waals surface area (Å²) in [6.45, 7) is 6.86. The summed E-state index contributed by atoms with van der Waals surface area (Å²) >= 11 is 0. The van der Waals surface area contributed by atoms with Crippen LogP contribution in [-0.4, -0.2) is 27.4 Å². The number of nitrogens with zero attached hydrogens (tertiary/aromatic N) is 2. The first kappa shape index (κ1) is 21.5. The second kappa shape index (κ2) is 9.27. The van der Waals surface area contributed by atoms with Gasteiger partial charge in [-0.1, -0.05) is 6.07 Å². The fraction of sp³-hybridized carbons (Fsp3) is 0.143. The molecule has 3 aromatic heterocycles. The van der Waals surface area contributed by atoms with Crippen molar-refractivity contribution < 1.29 is 0 Å². The Bertz CT molecular complexity index is 1490. The Labute approximate surface area is 198 Å². The van der Waals surface area contributed by atoms with E-state index in [9.17, 15) is 0 Å². The van der Waals surface area contributed by atoms with Crippen LogP contribution < -0.4 is 5.32 Å². The zero-order valence-corrected chi connectivity index (χ0v) is 19.6. The Morgan fingerprint density at radius 2 is 1.35 bits per heavy atom. The number of rotatable bonds is 7. The number of aromatic nitrogens is 3. The lowest BCUT2D eigenvalue weighted by Crippen LogP contribution is -2.00. The average Bonchev–Trinajstić information content (AvgIpc) is 3.56. The van der Waals surface area contributed by atoms with E-state index in [1.807, 2.05) is 56.6 Å². The van der Waals surface area contributed by atoms with Gasteiger partial charge in [-0.3, -0.25) is 9.98 Å². The number of aromatic amines is 3. The van der Waals surface area contributed by atoms with Crippen LogP contribution >= 0.6 is 0 Å². The molecule has 0 saturated heterocycles. The minimum atomic E-state index is 0.722. The summed E-state index contributed by atoms with van der Waals surface area (Å²) in [5, 5.41) is 5.72. The molecule has 6 nitrogen and oxygen atoms in total. The standard InChI is InChI=1S/C28H28N6/c1-18-4-7-22(32-18)15-29-21-10-11-25-26(14-21)28(31-17-24-9-6-20(3)34-24)13-12-27(25)30-16-23-8-5-19(2)33-23/h4-15,17,30,32-34H,16H2,1-3H3. The molecule has 0 aliphatic carbocycles. The van der Waals surface area contributed by atoms with E-state index in [-0.39, 0.29) is 0 Å². The molecule has 34 heavy (non-hydrogen) atoms. The van der Waals surface area contributed by atoms with Gasteiger partial charge in [-0.2, -0.15) is 0 Å². The van der Waals surface area contributed by atoms with Gasteiger partial charge >= 0.3 is 0 Å². The third-order valence-corrected chi connectivity index (χ3v) is 5.74. The van der Waals surface area contributed by atoms with E-state index in [1.54, 1.807) is 0 Å². The zero-order chi connectivity index (χ0) is 23.5. The largest absolute Gasteiger partial charge is 0.379 e. The summed E-state index contributed by atoms with van der Waals surface area (Å²) in [6.07, 6.45) is 3.72. The molecule has 0 saturated carbocycles. The Morgan fingerprint density at radius 3 is 2.00 bits per heavy atom. The predicted molar refractivity (Wildman–Crippen MR) is 142 cm³/mol. The minimum Gasteiger partial charge on any atom is -0.379 e. The summed E-state index contributed by atoms with van der Waals surface area (Å²) in [5.74, 6) is 0. The van der Waals surface area contributed by atoms with E-state index in [2.05, 4.69) is 68.6 Å². The van der Waals surface area contributed by atoms with Crippen LogP contribution in [0.1, 0.15) is 34.2 Å². The highest BCUT2D eigenvalue weighted by Crippen LogP contribution is 2.35. The highest BCUT2D eigenvalue weighted by atomic mass is 14.9. The normalized spacial score (nSPS) is 11.9. The van der Waals surface area contributed by atoms with Gasteiger partial charge in [0.2, 0.25) is 0 Å². The SMILES string of the molecule is Cc1ccc(C=Nc2ccc3c(NCc4ccc(C)[nH]4)ccc(N=Cc4ccc(C)[nH]4)c3c2)[nH]1. The summed E-state index contributed by atoms with van der Waals surface area (Å²) in [4.78, 5) is 19.5. The molecule has 5 rings (SSSR count). The number of hydrogen-bond acceptors (Lipinski definition) is 3. The second-order valence-corrected chi connectivity index (χ2v) is 8.59. The molecule has 6 heteroatoms. The van der Waals surface area contributed by atoms with Crippen LogP contribution in [0.2, 0.25) is 0 Å². The summed E-state index contributed by atoms with van der Waals surface area (Å²) in [6, 6.07) is 22.7. The predicted octanol–water partition coefficient (Wildman–Crippen LogP) is 6.86. The molecule has 0 fully saturated rings. The van der Waals surface area contributed by atoms with Gasteiger partial charge in [0.25, 0.3) is 0 Å². The van der Waals surface area contributed by atoms with Crippen molar-refractivity contribution in [1.82, 2.24) is 15.0 Å². The van der Waals surface area contributed by atoms with Crippen molar-refractivity contribution in [2.24, 2.45) is 9.98 Å². The molecule has 0 amide bonds. The van der Waals surface area contributed by atoms with Crippen molar-refractivity contribution in [2.45, 2.75) is 27.3 Å². The van der Waals surface area contributed by atoms with Gasteiger partial charge in [0, 0.05) is 39.2 Å². The van der Waals surface area contributed by atoms with Gasteiger partial charge in [-0.15, -0.1) is 0 Å². The van der Waals surface area contributed by atoms with E-state index in [4.69, 9.17) is 4.99 Å². The van der Waals surface area contributed by atoms with Crippen LogP contribution in [0.15, 0.2) is 76.7 Å². The Balaban J connectivity index is 1.50. The molecule has 0 spiro atoms. The van der Waals surface area contributed by atoms with Gasteiger partial charge in [0.05, 0.1) is 41.7 Å². The molecule has 5 aromatic rings. The number of hydrogen-bond donors (Lipinski definition) is 4. The Morgan fingerprint density at radius 1 is 0.676 bits per heavy atom. The number of nitrogens with one attached hydrogen (secondary N) is 4. The summed E-state index contributed by atoms with van der Waals surface area (Å²) in [5.41, 5.74) is 9.34. The van der Waals surface area contributed by atoms with Gasteiger partial charge in [-0.05, 0) is 81.4 Å². The molecule has 0 bridgehead atoms. The highest BCUT2D eigenvalue weighted by molar-refractivity contribution is 6.03. The van der Waals surface area contributed by atoms with Gasteiger partial charge in [-0.25, -0.2) is 0 Å². The average molecular weight is 449 g/mol. The molecular formula is C28H28N6. The fourth-order valence-electron chi connectivity index (χ4n) is 4.01. The maximum atomic E-state index is 4.80. The van der Waals surface area contributed by atoms with Crippen molar-refractivity contribution in [3.8, 4) is 0 Å². The third-order valence-electron chi connectivity index (χ3n) is 5.74. The maximum absolute atomic E-state index is 4.80. The van der Waals surface area contributed by atoms with Gasteiger partial charge in [0.1, 0.15) is 0 Å². The number of benzene rings is 2. The fourth-order valence-corrected chi connectivity index (χ4v) is 4.01. The quantitative estimate of drug-likeness (QED) is 0.201. The number of fused-ring (bicyclic) bond motifs is 1. The van der Waals surface area contributed by atoms with Crippen LogP contribution in [0.3, 0.4) is 0 Å². The van der Waals surface area contributed by atoms with Crippen LogP contribution in [0, 0.1) is 20.8 Å². The van der Waals surface area contributed by atoms with Gasteiger partial charge in [0.15, 0.2) is 0 Å². The molecular weight excluding hydrogens is 420 g/mol. The minimum absolute atomic E-state index is 0.722. The topological polar surface area (TPSA) is 84.1 Å². The van der Waals surface area contributed by atoms with Crippen molar-refractivity contribution in [3.05, 3.63) is 101 Å². The summed E-state index contributed by atoms with van der Waals surface area (Å²) < 4.78 is 0. The van der Waals surface area contributed by atoms with E-state index in [0.717, 1.165) is 68.5 Å². The van der Waals surface area contributed by atoms with Crippen molar-refractivity contribution in [2.75, 3.05) is 5.32 Å². The number of aryl methyl sites for hydroxylation is 3. The molecule has 4 N–H and O–H groups in total. The van der Waals surface area contributed by atoms with Crippen LogP contribution in [0.4, 0.5) is 17.1 Å². The highest BCUT2D eigenvalue weighted by Gasteiger charge is 2.08. The molecule has 2 aromatic carbocycles. The van der Waals surface area contributed by atoms with Crippen molar-refractivity contribution in [3.63, 3.8) is 0 Å². The first-order valence-corrected chi connectivity index (χ1v) is 11.4. The Kier molecular flexibility index (Phi) is 5.87.